The molecule has 0 aliphatic carbocycles. The van der Waals surface area contributed by atoms with E-state index in [0.717, 1.165) is 22.3 Å². The van der Waals surface area contributed by atoms with E-state index < -0.39 is 0 Å². The van der Waals surface area contributed by atoms with Crippen LogP contribution in [-0.2, 0) is 0 Å². The zero-order chi connectivity index (χ0) is 14.1. The van der Waals surface area contributed by atoms with Crippen LogP contribution >= 0.6 is 23.2 Å². The lowest BCUT2D eigenvalue weighted by Crippen LogP contribution is -1.97. The molecule has 0 bridgehead atoms. The molecule has 5 heteroatoms. The number of pyridine rings is 1. The highest BCUT2D eigenvalue weighted by molar-refractivity contribution is 6.42. The summed E-state index contributed by atoms with van der Waals surface area (Å²) < 4.78 is 0. The van der Waals surface area contributed by atoms with Crippen molar-refractivity contribution in [2.75, 3.05) is 11.1 Å². The molecule has 1 aromatic heterocycles. The maximum Gasteiger partial charge on any atom is 0.0722 e. The van der Waals surface area contributed by atoms with E-state index in [1.807, 2.05) is 30.3 Å². The number of hydrogen-bond acceptors (Lipinski definition) is 3. The lowest BCUT2D eigenvalue weighted by Gasteiger charge is -2.12. The molecule has 3 nitrogen and oxygen atoms in total. The van der Waals surface area contributed by atoms with E-state index in [9.17, 15) is 0 Å². The SMILES string of the molecule is Nc1cc(Cl)c(Cl)cc1Nc1cccc2ncccc12. The number of nitrogens with two attached hydrogens (primary N) is 1. The molecule has 3 aromatic rings. The summed E-state index contributed by atoms with van der Waals surface area (Å²) in [5.74, 6) is 0. The summed E-state index contributed by atoms with van der Waals surface area (Å²) in [5.41, 5.74) is 9.05. The van der Waals surface area contributed by atoms with Crippen molar-refractivity contribution in [2.45, 2.75) is 0 Å². The molecule has 0 amide bonds. The molecule has 0 radical (unpaired) electrons. The summed E-state index contributed by atoms with van der Waals surface area (Å²) in [6.45, 7) is 0. The minimum atomic E-state index is 0.439. The van der Waals surface area contributed by atoms with E-state index in [4.69, 9.17) is 28.9 Å². The number of aromatic nitrogens is 1. The molecule has 20 heavy (non-hydrogen) atoms. The third-order valence-electron chi connectivity index (χ3n) is 3.01. The van der Waals surface area contributed by atoms with Crippen LogP contribution in [0.15, 0.2) is 48.7 Å². The fourth-order valence-corrected chi connectivity index (χ4v) is 2.36. The molecule has 3 N–H and O–H groups in total. The minimum Gasteiger partial charge on any atom is -0.397 e. The van der Waals surface area contributed by atoms with Gasteiger partial charge in [0.2, 0.25) is 0 Å². The van der Waals surface area contributed by atoms with Gasteiger partial charge in [0.15, 0.2) is 0 Å². The number of nitrogens with one attached hydrogen (secondary N) is 1. The number of fused-ring (bicyclic) bond motifs is 1. The van der Waals surface area contributed by atoms with Crippen molar-refractivity contribution >= 4 is 51.2 Å². The monoisotopic (exact) mass is 303 g/mol. The predicted octanol–water partition coefficient (Wildman–Crippen LogP) is 4.87. The first kappa shape index (κ1) is 13.0. The second-order valence-corrected chi connectivity index (χ2v) is 5.17. The third kappa shape index (κ3) is 2.38. The van der Waals surface area contributed by atoms with Crippen molar-refractivity contribution in [3.05, 3.63) is 58.7 Å². The van der Waals surface area contributed by atoms with E-state index in [1.165, 1.54) is 0 Å². The fourth-order valence-electron chi connectivity index (χ4n) is 2.03. The van der Waals surface area contributed by atoms with Gasteiger partial charge < -0.3 is 11.1 Å². The normalized spacial score (nSPS) is 10.7. The van der Waals surface area contributed by atoms with Crippen molar-refractivity contribution in [3.8, 4) is 0 Å². The van der Waals surface area contributed by atoms with Gasteiger partial charge in [-0.1, -0.05) is 29.3 Å². The average molecular weight is 304 g/mol. The number of anilines is 3. The van der Waals surface area contributed by atoms with Gasteiger partial charge >= 0.3 is 0 Å². The van der Waals surface area contributed by atoms with Crippen molar-refractivity contribution in [1.82, 2.24) is 4.98 Å². The molecule has 0 unspecified atom stereocenters. The van der Waals surface area contributed by atoms with Gasteiger partial charge in [0, 0.05) is 17.3 Å². The molecule has 1 heterocycles. The number of rotatable bonds is 2. The molecular weight excluding hydrogens is 293 g/mol. The third-order valence-corrected chi connectivity index (χ3v) is 3.73. The molecule has 2 aromatic carbocycles. The fraction of sp³-hybridized carbons (Fsp3) is 0. The van der Waals surface area contributed by atoms with Gasteiger partial charge in [-0.15, -0.1) is 0 Å². The van der Waals surface area contributed by atoms with Gasteiger partial charge in [0.25, 0.3) is 0 Å². The highest BCUT2D eigenvalue weighted by Crippen LogP contribution is 2.34. The Balaban J connectivity index is 2.08. The highest BCUT2D eigenvalue weighted by atomic mass is 35.5. The van der Waals surface area contributed by atoms with Crippen molar-refractivity contribution in [2.24, 2.45) is 0 Å². The smallest absolute Gasteiger partial charge is 0.0722 e. The number of hydrogen-bond donors (Lipinski definition) is 2. The van der Waals surface area contributed by atoms with Crippen LogP contribution in [0.4, 0.5) is 17.1 Å². The summed E-state index contributed by atoms with van der Waals surface area (Å²) in [7, 11) is 0. The lowest BCUT2D eigenvalue weighted by molar-refractivity contribution is 1.41. The van der Waals surface area contributed by atoms with Gasteiger partial charge in [-0.2, -0.15) is 0 Å². The first-order chi connectivity index (χ1) is 9.65. The number of halogens is 2. The molecule has 100 valence electrons. The Morgan fingerprint density at radius 3 is 2.60 bits per heavy atom. The van der Waals surface area contributed by atoms with Crippen molar-refractivity contribution in [1.29, 1.82) is 0 Å². The minimum absolute atomic E-state index is 0.439. The largest absolute Gasteiger partial charge is 0.397 e. The molecule has 0 spiro atoms. The topological polar surface area (TPSA) is 50.9 Å². The van der Waals surface area contributed by atoms with Crippen LogP contribution in [0, 0.1) is 0 Å². The Bertz CT molecular complexity index is 782. The van der Waals surface area contributed by atoms with Crippen LogP contribution in [0.2, 0.25) is 10.0 Å². The molecule has 0 saturated carbocycles. The Morgan fingerprint density at radius 2 is 1.75 bits per heavy atom. The molecule has 0 aliphatic heterocycles. The van der Waals surface area contributed by atoms with Gasteiger partial charge in [-0.3, -0.25) is 4.98 Å². The summed E-state index contributed by atoms with van der Waals surface area (Å²) in [6.07, 6.45) is 1.76. The van der Waals surface area contributed by atoms with Crippen molar-refractivity contribution in [3.63, 3.8) is 0 Å². The zero-order valence-corrected chi connectivity index (χ0v) is 11.9. The molecule has 0 atom stereocenters. The van der Waals surface area contributed by atoms with E-state index in [2.05, 4.69) is 10.3 Å². The summed E-state index contributed by atoms with van der Waals surface area (Å²) in [4.78, 5) is 4.32. The molecule has 0 saturated heterocycles. The number of nitrogens with zero attached hydrogens (tertiary/aromatic N) is 1. The second-order valence-electron chi connectivity index (χ2n) is 4.35. The standard InChI is InChI=1S/C15H11Cl2N3/c16-10-7-12(18)15(8-11(10)17)20-14-5-1-4-13-9(14)3-2-6-19-13/h1-8,20H,18H2. The molecule has 0 aliphatic rings. The lowest BCUT2D eigenvalue weighted by atomic mass is 10.1. The van der Waals surface area contributed by atoms with Crippen LogP contribution in [0.5, 0.6) is 0 Å². The molecular formula is C15H11Cl2N3. The van der Waals surface area contributed by atoms with E-state index in [0.29, 0.717) is 15.7 Å². The maximum atomic E-state index is 6.03. The molecule has 0 fully saturated rings. The van der Waals surface area contributed by atoms with Crippen LogP contribution < -0.4 is 11.1 Å². The summed E-state index contributed by atoms with van der Waals surface area (Å²) in [5, 5.41) is 5.19. The van der Waals surface area contributed by atoms with Crippen LogP contribution in [0.25, 0.3) is 10.9 Å². The Kier molecular flexibility index (Phi) is 3.38. The first-order valence-corrected chi connectivity index (χ1v) is 6.76. The van der Waals surface area contributed by atoms with Gasteiger partial charge in [-0.05, 0) is 36.4 Å². The Morgan fingerprint density at radius 1 is 0.950 bits per heavy atom. The number of nitrogen functional groups attached to an aromatic ring is 1. The Hall–Kier alpha value is -1.97. The Labute approximate surface area is 126 Å². The van der Waals surface area contributed by atoms with Gasteiger partial charge in [0.1, 0.15) is 0 Å². The van der Waals surface area contributed by atoms with Crippen LogP contribution in [-0.4, -0.2) is 4.98 Å². The molecule has 3 rings (SSSR count). The van der Waals surface area contributed by atoms with Gasteiger partial charge in [0.05, 0.1) is 26.9 Å². The van der Waals surface area contributed by atoms with Crippen molar-refractivity contribution < 1.29 is 0 Å². The quantitative estimate of drug-likeness (QED) is 0.664. The van der Waals surface area contributed by atoms with E-state index >= 15 is 0 Å². The maximum absolute atomic E-state index is 6.03. The first-order valence-electron chi connectivity index (χ1n) is 6.00. The van der Waals surface area contributed by atoms with Crippen LogP contribution in [0.3, 0.4) is 0 Å². The average Bonchev–Trinajstić information content (AvgIpc) is 2.45. The van der Waals surface area contributed by atoms with Crippen LogP contribution in [0.1, 0.15) is 0 Å². The summed E-state index contributed by atoms with van der Waals surface area (Å²) in [6, 6.07) is 13.1. The predicted molar refractivity (Wildman–Crippen MR) is 85.9 cm³/mol. The summed E-state index contributed by atoms with van der Waals surface area (Å²) >= 11 is 12.0. The van der Waals surface area contributed by atoms with Gasteiger partial charge in [-0.25, -0.2) is 0 Å². The highest BCUT2D eigenvalue weighted by Gasteiger charge is 2.07. The zero-order valence-electron chi connectivity index (χ0n) is 10.4. The van der Waals surface area contributed by atoms with E-state index in [-0.39, 0.29) is 0 Å². The number of benzene rings is 2. The van der Waals surface area contributed by atoms with E-state index in [1.54, 1.807) is 18.3 Å². The second kappa shape index (κ2) is 5.19.